The summed E-state index contributed by atoms with van der Waals surface area (Å²) in [6, 6.07) is 12.1. The van der Waals surface area contributed by atoms with Crippen molar-refractivity contribution in [1.29, 1.82) is 0 Å². The number of hydrogen-bond donors (Lipinski definition) is 2. The molecule has 0 fully saturated rings. The number of hydrogen-bond acceptors (Lipinski definition) is 4. The van der Waals surface area contributed by atoms with Gasteiger partial charge in [0.05, 0.1) is 12.8 Å². The zero-order valence-corrected chi connectivity index (χ0v) is 12.7. The van der Waals surface area contributed by atoms with Gasteiger partial charge in [0, 0.05) is 18.7 Å². The van der Waals surface area contributed by atoms with Crippen LogP contribution in [0.5, 0.6) is 11.5 Å². The molecule has 1 aliphatic rings. The minimum atomic E-state index is 0. The molecule has 1 heterocycles. The molecule has 21 heavy (non-hydrogen) atoms. The molecule has 0 aromatic heterocycles. The van der Waals surface area contributed by atoms with E-state index in [1.54, 1.807) is 7.11 Å². The van der Waals surface area contributed by atoms with Gasteiger partial charge in [0.25, 0.3) is 0 Å². The van der Waals surface area contributed by atoms with Crippen LogP contribution in [-0.4, -0.2) is 20.3 Å². The molecule has 0 spiro atoms. The summed E-state index contributed by atoms with van der Waals surface area (Å²) in [7, 11) is 1.63. The molecule has 112 valence electrons. The Hall–Kier alpha value is -1.91. The minimum Gasteiger partial charge on any atom is -0.495 e. The van der Waals surface area contributed by atoms with Crippen molar-refractivity contribution < 1.29 is 9.47 Å². The average molecular weight is 307 g/mol. The molecule has 0 unspecified atom stereocenters. The number of nitrogen functional groups attached to an aromatic ring is 1. The van der Waals surface area contributed by atoms with E-state index in [4.69, 9.17) is 15.2 Å². The number of nitrogens with one attached hydrogen (secondary N) is 1. The maximum Gasteiger partial charge on any atom is 0.142 e. The van der Waals surface area contributed by atoms with Gasteiger partial charge in [-0.15, -0.1) is 12.4 Å². The van der Waals surface area contributed by atoms with Gasteiger partial charge in [0.15, 0.2) is 0 Å². The fourth-order valence-corrected chi connectivity index (χ4v) is 2.38. The van der Waals surface area contributed by atoms with Gasteiger partial charge in [0.1, 0.15) is 18.1 Å². The van der Waals surface area contributed by atoms with E-state index < -0.39 is 0 Å². The predicted molar refractivity (Wildman–Crippen MR) is 87.3 cm³/mol. The largest absolute Gasteiger partial charge is 0.495 e. The van der Waals surface area contributed by atoms with Crippen molar-refractivity contribution in [2.24, 2.45) is 0 Å². The van der Waals surface area contributed by atoms with Crippen LogP contribution in [0.25, 0.3) is 11.1 Å². The quantitative estimate of drug-likeness (QED) is 0.838. The van der Waals surface area contributed by atoms with Gasteiger partial charge in [-0.2, -0.15) is 0 Å². The van der Waals surface area contributed by atoms with Crippen LogP contribution < -0.4 is 20.5 Å². The summed E-state index contributed by atoms with van der Waals surface area (Å²) in [5.74, 6) is 1.66. The molecular weight excluding hydrogens is 288 g/mol. The number of ether oxygens (including phenoxy) is 2. The average Bonchev–Trinajstić information content (AvgIpc) is 2.72. The Balaban J connectivity index is 0.00000161. The van der Waals surface area contributed by atoms with E-state index in [0.29, 0.717) is 18.0 Å². The van der Waals surface area contributed by atoms with E-state index in [1.165, 1.54) is 5.56 Å². The van der Waals surface area contributed by atoms with Crippen molar-refractivity contribution in [2.75, 3.05) is 26.0 Å². The van der Waals surface area contributed by atoms with Gasteiger partial charge in [-0.05, 0) is 35.4 Å². The van der Waals surface area contributed by atoms with Crippen molar-refractivity contribution in [3.8, 4) is 22.6 Å². The van der Waals surface area contributed by atoms with Crippen LogP contribution in [0.1, 0.15) is 5.56 Å². The first-order valence-electron chi connectivity index (χ1n) is 6.68. The fourth-order valence-electron chi connectivity index (χ4n) is 2.38. The Bertz CT molecular complexity index is 632. The Morgan fingerprint density at radius 2 is 1.90 bits per heavy atom. The highest BCUT2D eigenvalue weighted by molar-refractivity contribution is 5.85. The first-order chi connectivity index (χ1) is 9.78. The lowest BCUT2D eigenvalue weighted by Crippen LogP contribution is -2.16. The molecule has 0 atom stereocenters. The lowest BCUT2D eigenvalue weighted by Gasteiger charge is -2.11. The molecule has 2 aromatic carbocycles. The van der Waals surface area contributed by atoms with Gasteiger partial charge in [-0.3, -0.25) is 0 Å². The molecule has 3 N–H and O–H groups in total. The van der Waals surface area contributed by atoms with Gasteiger partial charge < -0.3 is 20.5 Å². The zero-order chi connectivity index (χ0) is 13.9. The normalized spacial score (nSPS) is 13.4. The molecule has 0 saturated heterocycles. The molecular formula is C16H19ClN2O2. The van der Waals surface area contributed by atoms with E-state index >= 15 is 0 Å². The van der Waals surface area contributed by atoms with E-state index in [1.807, 2.05) is 24.3 Å². The highest BCUT2D eigenvalue weighted by atomic mass is 35.5. The van der Waals surface area contributed by atoms with Crippen LogP contribution in [0.3, 0.4) is 0 Å². The number of fused-ring (bicyclic) bond motifs is 1. The van der Waals surface area contributed by atoms with Crippen LogP contribution in [0, 0.1) is 0 Å². The molecule has 4 nitrogen and oxygen atoms in total. The summed E-state index contributed by atoms with van der Waals surface area (Å²) in [6.45, 7) is 2.41. The highest BCUT2D eigenvalue weighted by Crippen LogP contribution is 2.31. The van der Waals surface area contributed by atoms with E-state index in [0.717, 1.165) is 30.0 Å². The van der Waals surface area contributed by atoms with Crippen molar-refractivity contribution in [2.45, 2.75) is 6.54 Å². The minimum absolute atomic E-state index is 0. The Kier molecular flexibility index (Phi) is 4.94. The van der Waals surface area contributed by atoms with Crippen molar-refractivity contribution >= 4 is 18.1 Å². The summed E-state index contributed by atoms with van der Waals surface area (Å²) >= 11 is 0. The van der Waals surface area contributed by atoms with Crippen molar-refractivity contribution in [1.82, 2.24) is 5.32 Å². The maximum atomic E-state index is 5.85. The summed E-state index contributed by atoms with van der Waals surface area (Å²) < 4.78 is 11.0. The van der Waals surface area contributed by atoms with Crippen molar-refractivity contribution in [3.05, 3.63) is 42.0 Å². The lowest BCUT2D eigenvalue weighted by atomic mass is 10.0. The van der Waals surface area contributed by atoms with Gasteiger partial charge in [-0.25, -0.2) is 0 Å². The third-order valence-corrected chi connectivity index (χ3v) is 3.48. The topological polar surface area (TPSA) is 56.5 Å². The number of nitrogens with two attached hydrogens (primary N) is 1. The second-order valence-corrected chi connectivity index (χ2v) is 4.80. The molecule has 3 rings (SSSR count). The van der Waals surface area contributed by atoms with Crippen LogP contribution in [0.15, 0.2) is 36.4 Å². The van der Waals surface area contributed by atoms with Gasteiger partial charge in [0.2, 0.25) is 0 Å². The first-order valence-corrected chi connectivity index (χ1v) is 6.68. The summed E-state index contributed by atoms with van der Waals surface area (Å²) in [6.07, 6.45) is 0. The second-order valence-electron chi connectivity index (χ2n) is 4.80. The first kappa shape index (κ1) is 15.5. The number of anilines is 1. The SMILES string of the molecule is COc1cc(-c2ccc3c(c2)CNCCO3)ccc1N.Cl. The number of methoxy groups -OCH3 is 1. The highest BCUT2D eigenvalue weighted by Gasteiger charge is 2.10. The Morgan fingerprint density at radius 3 is 2.71 bits per heavy atom. The van der Waals surface area contributed by atoms with Crippen LogP contribution in [-0.2, 0) is 6.54 Å². The predicted octanol–water partition coefficient (Wildman–Crippen LogP) is 2.85. The van der Waals surface area contributed by atoms with Gasteiger partial charge >= 0.3 is 0 Å². The fraction of sp³-hybridized carbons (Fsp3) is 0.250. The Labute approximate surface area is 130 Å². The monoisotopic (exact) mass is 306 g/mol. The Morgan fingerprint density at radius 1 is 1.14 bits per heavy atom. The van der Waals surface area contributed by atoms with Crippen LogP contribution >= 0.6 is 12.4 Å². The smallest absolute Gasteiger partial charge is 0.142 e. The molecule has 5 heteroatoms. The third kappa shape index (κ3) is 3.23. The molecule has 1 aliphatic heterocycles. The van der Waals surface area contributed by atoms with Gasteiger partial charge in [-0.1, -0.05) is 12.1 Å². The summed E-state index contributed by atoms with van der Waals surface area (Å²) in [5.41, 5.74) is 9.90. The standard InChI is InChI=1S/C16H18N2O2.ClH/c1-19-16-9-12(2-4-14(16)17)11-3-5-15-13(8-11)10-18-6-7-20-15;/h2-5,8-9,18H,6-7,10,17H2,1H3;1H. The summed E-state index contributed by atoms with van der Waals surface area (Å²) in [4.78, 5) is 0. The number of rotatable bonds is 2. The third-order valence-electron chi connectivity index (χ3n) is 3.48. The van der Waals surface area contributed by atoms with Crippen LogP contribution in [0.2, 0.25) is 0 Å². The molecule has 0 saturated carbocycles. The van der Waals surface area contributed by atoms with E-state index in [9.17, 15) is 0 Å². The molecule has 0 radical (unpaired) electrons. The lowest BCUT2D eigenvalue weighted by molar-refractivity contribution is 0.326. The molecule has 0 amide bonds. The van der Waals surface area contributed by atoms with Crippen molar-refractivity contribution in [3.63, 3.8) is 0 Å². The summed E-state index contributed by atoms with van der Waals surface area (Å²) in [5, 5.41) is 3.34. The van der Waals surface area contributed by atoms with E-state index in [2.05, 4.69) is 17.4 Å². The molecule has 0 aliphatic carbocycles. The molecule has 2 aromatic rings. The zero-order valence-electron chi connectivity index (χ0n) is 11.9. The second kappa shape index (κ2) is 6.70. The maximum absolute atomic E-state index is 5.85. The molecule has 0 bridgehead atoms. The number of benzene rings is 2. The van der Waals surface area contributed by atoms with Crippen LogP contribution in [0.4, 0.5) is 5.69 Å². The van der Waals surface area contributed by atoms with E-state index in [-0.39, 0.29) is 12.4 Å². The number of halogens is 1.